The molecule has 9 nitrogen and oxygen atoms in total. The van der Waals surface area contributed by atoms with Gasteiger partial charge in [0.15, 0.2) is 0 Å². The van der Waals surface area contributed by atoms with Crippen molar-refractivity contribution in [1.29, 1.82) is 0 Å². The maximum atomic E-state index is 12.5. The number of nitrogens with zero attached hydrogens (tertiary/aromatic N) is 4. The van der Waals surface area contributed by atoms with Gasteiger partial charge in [0.1, 0.15) is 0 Å². The Kier molecular flexibility index (Phi) is 6.06. The first kappa shape index (κ1) is 21.1. The zero-order valence-corrected chi connectivity index (χ0v) is 17.9. The second-order valence-electron chi connectivity index (χ2n) is 7.60. The second kappa shape index (κ2) is 8.91. The Bertz CT molecular complexity index is 1130. The smallest absolute Gasteiger partial charge is 0.271 e. The standard InChI is InChI=1S/C21H23ClN6O3/c1-14-16(22)4-2-5-17(14)23-20(29)13-26-8-3-9-27(11-10-26)21-24-18-7-6-15(28(30)31)12-19(18)25-21/h2,4-7,12H,3,8-11,13H2,1H3,(H,23,29)(H,24,25). The summed E-state index contributed by atoms with van der Waals surface area (Å²) in [4.78, 5) is 35.1. The first-order chi connectivity index (χ1) is 14.9. The number of fused-ring (bicyclic) bond motifs is 1. The molecule has 1 fully saturated rings. The van der Waals surface area contributed by atoms with Gasteiger partial charge < -0.3 is 15.2 Å². The number of rotatable bonds is 5. The summed E-state index contributed by atoms with van der Waals surface area (Å²) in [7, 11) is 0. The fraction of sp³-hybridized carbons (Fsp3) is 0.333. The predicted octanol–water partition coefficient (Wildman–Crippen LogP) is 3.58. The van der Waals surface area contributed by atoms with Gasteiger partial charge in [-0.2, -0.15) is 0 Å². The van der Waals surface area contributed by atoms with E-state index >= 15 is 0 Å². The van der Waals surface area contributed by atoms with Gasteiger partial charge in [-0.15, -0.1) is 0 Å². The van der Waals surface area contributed by atoms with Crippen molar-refractivity contribution in [2.24, 2.45) is 0 Å². The molecule has 0 bridgehead atoms. The van der Waals surface area contributed by atoms with Crippen LogP contribution in [-0.2, 0) is 4.79 Å². The van der Waals surface area contributed by atoms with E-state index in [1.807, 2.05) is 19.1 Å². The van der Waals surface area contributed by atoms with E-state index in [4.69, 9.17) is 11.6 Å². The van der Waals surface area contributed by atoms with Crippen molar-refractivity contribution >= 4 is 45.9 Å². The fourth-order valence-electron chi connectivity index (χ4n) is 3.72. The van der Waals surface area contributed by atoms with Crippen LogP contribution in [0.25, 0.3) is 11.0 Å². The van der Waals surface area contributed by atoms with E-state index in [-0.39, 0.29) is 11.6 Å². The first-order valence-electron chi connectivity index (χ1n) is 10.1. The van der Waals surface area contributed by atoms with Gasteiger partial charge in [-0.1, -0.05) is 17.7 Å². The summed E-state index contributed by atoms with van der Waals surface area (Å²) in [5, 5.41) is 14.6. The van der Waals surface area contributed by atoms with Crippen LogP contribution >= 0.6 is 11.6 Å². The normalized spacial score (nSPS) is 15.1. The SMILES string of the molecule is Cc1c(Cl)cccc1NC(=O)CN1CCCN(c2nc3ccc([N+](=O)[O-])cc3[nH]2)CC1. The summed E-state index contributed by atoms with van der Waals surface area (Å²) in [6.07, 6.45) is 0.876. The van der Waals surface area contributed by atoms with Crippen molar-refractivity contribution in [3.05, 3.63) is 57.1 Å². The van der Waals surface area contributed by atoms with Gasteiger partial charge in [-0.25, -0.2) is 4.98 Å². The monoisotopic (exact) mass is 442 g/mol. The quantitative estimate of drug-likeness (QED) is 0.462. The number of nitro groups is 1. The van der Waals surface area contributed by atoms with Crippen LogP contribution in [-0.4, -0.2) is 58.4 Å². The Labute approximate surface area is 184 Å². The van der Waals surface area contributed by atoms with Gasteiger partial charge in [-0.3, -0.25) is 19.8 Å². The number of aromatic nitrogens is 2. The average Bonchev–Trinajstić information content (AvgIpc) is 3.03. The first-order valence-corrected chi connectivity index (χ1v) is 10.4. The molecule has 0 unspecified atom stereocenters. The third-order valence-corrected chi connectivity index (χ3v) is 5.87. The van der Waals surface area contributed by atoms with Crippen molar-refractivity contribution in [3.8, 4) is 0 Å². The van der Waals surface area contributed by atoms with Crippen molar-refractivity contribution in [2.75, 3.05) is 42.9 Å². The number of nitrogens with one attached hydrogen (secondary N) is 2. The average molecular weight is 443 g/mol. The molecule has 1 aliphatic heterocycles. The lowest BCUT2D eigenvalue weighted by molar-refractivity contribution is -0.384. The number of anilines is 2. The van der Waals surface area contributed by atoms with Crippen LogP contribution in [0.2, 0.25) is 5.02 Å². The van der Waals surface area contributed by atoms with E-state index in [1.54, 1.807) is 12.1 Å². The van der Waals surface area contributed by atoms with Crippen molar-refractivity contribution < 1.29 is 9.72 Å². The highest BCUT2D eigenvalue weighted by molar-refractivity contribution is 6.31. The summed E-state index contributed by atoms with van der Waals surface area (Å²) < 4.78 is 0. The minimum atomic E-state index is -0.417. The van der Waals surface area contributed by atoms with Gasteiger partial charge in [0.2, 0.25) is 11.9 Å². The van der Waals surface area contributed by atoms with Crippen molar-refractivity contribution in [3.63, 3.8) is 0 Å². The minimum absolute atomic E-state index is 0.0331. The Morgan fingerprint density at radius 2 is 2.10 bits per heavy atom. The molecule has 0 aliphatic carbocycles. The molecule has 2 N–H and O–H groups in total. The Balaban J connectivity index is 1.38. The summed E-state index contributed by atoms with van der Waals surface area (Å²) >= 11 is 6.13. The Hall–Kier alpha value is -3.17. The van der Waals surface area contributed by atoms with Crippen LogP contribution in [0.15, 0.2) is 36.4 Å². The molecule has 162 valence electrons. The molecule has 0 saturated carbocycles. The van der Waals surface area contributed by atoms with E-state index in [0.29, 0.717) is 41.6 Å². The van der Waals surface area contributed by atoms with Crippen LogP contribution < -0.4 is 10.2 Å². The van der Waals surface area contributed by atoms with Crippen LogP contribution in [0, 0.1) is 17.0 Å². The number of halogens is 1. The summed E-state index contributed by atoms with van der Waals surface area (Å²) in [6, 6.07) is 10.1. The number of amides is 1. The molecular formula is C21H23ClN6O3. The number of benzene rings is 2. The molecule has 0 spiro atoms. The number of nitro benzene ring substituents is 1. The van der Waals surface area contributed by atoms with Gasteiger partial charge >= 0.3 is 0 Å². The molecule has 1 aromatic heterocycles. The number of hydrogen-bond acceptors (Lipinski definition) is 6. The molecule has 4 rings (SSSR count). The summed E-state index contributed by atoms with van der Waals surface area (Å²) in [5.41, 5.74) is 2.94. The molecule has 1 amide bonds. The van der Waals surface area contributed by atoms with Gasteiger partial charge in [0.05, 0.1) is 22.5 Å². The highest BCUT2D eigenvalue weighted by Crippen LogP contribution is 2.24. The number of carbonyl (C=O) groups is 1. The highest BCUT2D eigenvalue weighted by Gasteiger charge is 2.20. The van der Waals surface area contributed by atoms with Crippen LogP contribution in [0.3, 0.4) is 0 Å². The molecule has 1 aliphatic rings. The van der Waals surface area contributed by atoms with E-state index in [0.717, 1.165) is 30.8 Å². The van der Waals surface area contributed by atoms with Gasteiger partial charge in [0, 0.05) is 49.0 Å². The number of non-ortho nitro benzene ring substituents is 1. The molecule has 2 aromatic carbocycles. The highest BCUT2D eigenvalue weighted by atomic mass is 35.5. The molecule has 10 heteroatoms. The zero-order valence-electron chi connectivity index (χ0n) is 17.1. The van der Waals surface area contributed by atoms with Gasteiger partial charge in [-0.05, 0) is 37.1 Å². The lowest BCUT2D eigenvalue weighted by Crippen LogP contribution is -2.36. The van der Waals surface area contributed by atoms with Crippen molar-refractivity contribution in [1.82, 2.24) is 14.9 Å². The minimum Gasteiger partial charge on any atom is -0.341 e. The van der Waals surface area contributed by atoms with E-state index in [9.17, 15) is 14.9 Å². The maximum Gasteiger partial charge on any atom is 0.271 e. The molecule has 1 saturated heterocycles. The second-order valence-corrected chi connectivity index (χ2v) is 8.00. The topological polar surface area (TPSA) is 107 Å². The largest absolute Gasteiger partial charge is 0.341 e. The predicted molar refractivity (Wildman–Crippen MR) is 121 cm³/mol. The van der Waals surface area contributed by atoms with Crippen molar-refractivity contribution in [2.45, 2.75) is 13.3 Å². The third kappa shape index (κ3) is 4.78. The summed E-state index contributed by atoms with van der Waals surface area (Å²) in [5.74, 6) is 0.617. The molecule has 0 radical (unpaired) electrons. The lowest BCUT2D eigenvalue weighted by atomic mass is 10.2. The van der Waals surface area contributed by atoms with E-state index in [1.165, 1.54) is 12.1 Å². The Morgan fingerprint density at radius 3 is 2.90 bits per heavy atom. The number of H-pyrrole nitrogens is 1. The maximum absolute atomic E-state index is 12.5. The molecule has 0 atom stereocenters. The number of aromatic amines is 1. The molecule has 3 aromatic rings. The lowest BCUT2D eigenvalue weighted by Gasteiger charge is -2.21. The number of hydrogen-bond donors (Lipinski definition) is 2. The van der Waals surface area contributed by atoms with Crippen LogP contribution in [0.1, 0.15) is 12.0 Å². The summed E-state index contributed by atoms with van der Waals surface area (Å²) in [6.45, 7) is 5.16. The number of carbonyl (C=O) groups excluding carboxylic acids is 1. The van der Waals surface area contributed by atoms with Crippen LogP contribution in [0.5, 0.6) is 0 Å². The zero-order chi connectivity index (χ0) is 22.0. The third-order valence-electron chi connectivity index (χ3n) is 5.46. The fourth-order valence-corrected chi connectivity index (χ4v) is 3.90. The molecular weight excluding hydrogens is 420 g/mol. The van der Waals surface area contributed by atoms with Crippen LogP contribution in [0.4, 0.5) is 17.3 Å². The molecule has 31 heavy (non-hydrogen) atoms. The Morgan fingerprint density at radius 1 is 1.26 bits per heavy atom. The number of imidazole rings is 1. The van der Waals surface area contributed by atoms with Gasteiger partial charge in [0.25, 0.3) is 5.69 Å². The van der Waals surface area contributed by atoms with E-state index < -0.39 is 4.92 Å². The molecule has 2 heterocycles. The van der Waals surface area contributed by atoms with E-state index in [2.05, 4.69) is 25.1 Å².